The molecule has 6 N–H and O–H groups in total. The van der Waals surface area contributed by atoms with Crippen LogP contribution in [0.5, 0.6) is 0 Å². The van der Waals surface area contributed by atoms with Crippen LogP contribution in [0.3, 0.4) is 0 Å². The number of hydrogen-bond donors (Lipinski definition) is 6. The van der Waals surface area contributed by atoms with E-state index in [1.165, 1.54) is 0 Å². The van der Waals surface area contributed by atoms with Gasteiger partial charge in [0.25, 0.3) is 0 Å². The van der Waals surface area contributed by atoms with Gasteiger partial charge in [-0.1, -0.05) is 13.8 Å². The lowest BCUT2D eigenvalue weighted by atomic mass is 10.0. The first kappa shape index (κ1) is 14.8. The van der Waals surface area contributed by atoms with E-state index in [0.29, 0.717) is 0 Å². The second-order valence-electron chi connectivity index (χ2n) is 3.86. The predicted molar refractivity (Wildman–Crippen MR) is 54.3 cm³/mol. The van der Waals surface area contributed by atoms with Crippen LogP contribution < -0.4 is 5.32 Å². The molecular weight excluding hydrogens is 202 g/mol. The maximum absolute atomic E-state index is 9.42. The van der Waals surface area contributed by atoms with E-state index >= 15 is 0 Å². The van der Waals surface area contributed by atoms with Crippen LogP contribution in [-0.4, -0.2) is 69.1 Å². The summed E-state index contributed by atoms with van der Waals surface area (Å²) in [5.74, 6) is 0. The van der Waals surface area contributed by atoms with Crippen LogP contribution in [0, 0.1) is 0 Å². The van der Waals surface area contributed by atoms with Crippen LogP contribution in [-0.2, 0) is 0 Å². The highest BCUT2D eigenvalue weighted by atomic mass is 16.4. The minimum Gasteiger partial charge on any atom is -0.394 e. The number of aliphatic hydroxyl groups excluding tert-OH is 5. The predicted octanol–water partition coefficient (Wildman–Crippen LogP) is -2.58. The van der Waals surface area contributed by atoms with E-state index in [1.54, 1.807) is 0 Å². The molecule has 15 heavy (non-hydrogen) atoms. The topological polar surface area (TPSA) is 113 Å². The monoisotopic (exact) mass is 223 g/mol. The highest BCUT2D eigenvalue weighted by Crippen LogP contribution is 2.04. The lowest BCUT2D eigenvalue weighted by molar-refractivity contribution is -0.114. The van der Waals surface area contributed by atoms with Crippen molar-refractivity contribution in [1.82, 2.24) is 5.32 Å². The molecule has 0 bridgehead atoms. The number of rotatable bonds is 7. The Morgan fingerprint density at radius 2 is 1.40 bits per heavy atom. The van der Waals surface area contributed by atoms with Gasteiger partial charge in [-0.15, -0.1) is 0 Å². The zero-order chi connectivity index (χ0) is 12.0. The molecule has 6 heteroatoms. The second kappa shape index (κ2) is 7.10. The van der Waals surface area contributed by atoms with E-state index in [1.807, 2.05) is 13.8 Å². The summed E-state index contributed by atoms with van der Waals surface area (Å²) in [6.07, 6.45) is -5.69. The molecule has 0 saturated carbocycles. The quantitative estimate of drug-likeness (QED) is 0.283. The fraction of sp³-hybridized carbons (Fsp3) is 1.00. The van der Waals surface area contributed by atoms with Crippen molar-refractivity contribution in [2.24, 2.45) is 0 Å². The largest absolute Gasteiger partial charge is 0.394 e. The van der Waals surface area contributed by atoms with Crippen molar-refractivity contribution in [3.05, 3.63) is 0 Å². The molecule has 0 spiro atoms. The SMILES string of the molecule is CC(C)NCC(O)C(O)C(O)C(O)CO. The maximum atomic E-state index is 9.42. The van der Waals surface area contributed by atoms with E-state index in [9.17, 15) is 15.3 Å². The van der Waals surface area contributed by atoms with Gasteiger partial charge in [-0.2, -0.15) is 0 Å². The molecule has 92 valence electrons. The fourth-order valence-corrected chi connectivity index (χ4v) is 1.04. The molecule has 6 nitrogen and oxygen atoms in total. The molecule has 0 aromatic rings. The molecule has 0 saturated heterocycles. The highest BCUT2D eigenvalue weighted by molar-refractivity contribution is 4.81. The van der Waals surface area contributed by atoms with Crippen LogP contribution in [0.4, 0.5) is 0 Å². The van der Waals surface area contributed by atoms with Crippen molar-refractivity contribution < 1.29 is 25.5 Å². The van der Waals surface area contributed by atoms with Gasteiger partial charge in [0.15, 0.2) is 0 Å². The Hall–Kier alpha value is -0.240. The van der Waals surface area contributed by atoms with Crippen molar-refractivity contribution >= 4 is 0 Å². The summed E-state index contributed by atoms with van der Waals surface area (Å²) in [5, 5.41) is 48.5. The Kier molecular flexibility index (Phi) is 6.99. The van der Waals surface area contributed by atoms with Crippen molar-refractivity contribution in [3.63, 3.8) is 0 Å². The Morgan fingerprint density at radius 1 is 0.933 bits per heavy atom. The van der Waals surface area contributed by atoms with Crippen LogP contribution in [0.1, 0.15) is 13.8 Å². The average molecular weight is 223 g/mol. The first-order valence-electron chi connectivity index (χ1n) is 4.96. The Morgan fingerprint density at radius 3 is 1.80 bits per heavy atom. The number of aliphatic hydroxyl groups is 5. The van der Waals surface area contributed by atoms with E-state index in [4.69, 9.17) is 10.2 Å². The van der Waals surface area contributed by atoms with Crippen LogP contribution >= 0.6 is 0 Å². The maximum Gasteiger partial charge on any atom is 0.111 e. The lowest BCUT2D eigenvalue weighted by Gasteiger charge is -2.26. The van der Waals surface area contributed by atoms with Gasteiger partial charge in [-0.25, -0.2) is 0 Å². The summed E-state index contributed by atoms with van der Waals surface area (Å²) in [5.41, 5.74) is 0. The number of nitrogens with one attached hydrogen (secondary N) is 1. The van der Waals surface area contributed by atoms with Gasteiger partial charge in [0.05, 0.1) is 12.7 Å². The molecule has 0 amide bonds. The smallest absolute Gasteiger partial charge is 0.111 e. The summed E-state index contributed by atoms with van der Waals surface area (Å²) in [7, 11) is 0. The normalized spacial score (nSPS) is 20.0. The van der Waals surface area contributed by atoms with Crippen molar-refractivity contribution in [2.45, 2.75) is 44.3 Å². The number of hydrogen-bond acceptors (Lipinski definition) is 6. The van der Waals surface area contributed by atoms with Crippen molar-refractivity contribution in [3.8, 4) is 0 Å². The minimum atomic E-state index is -1.56. The molecule has 0 aliphatic rings. The van der Waals surface area contributed by atoms with Crippen LogP contribution in [0.2, 0.25) is 0 Å². The standard InChI is InChI=1S/C9H21NO5/c1-5(2)10-3-6(12)8(14)9(15)7(13)4-11/h5-15H,3-4H2,1-2H3. The Labute approximate surface area is 89.2 Å². The third-order valence-electron chi connectivity index (χ3n) is 2.06. The molecule has 0 rings (SSSR count). The molecule has 0 aromatic heterocycles. The average Bonchev–Trinajstić information content (AvgIpc) is 2.22. The third-order valence-corrected chi connectivity index (χ3v) is 2.06. The molecule has 0 aliphatic carbocycles. The molecule has 4 atom stereocenters. The summed E-state index contributed by atoms with van der Waals surface area (Å²) in [6.45, 7) is 3.19. The van der Waals surface area contributed by atoms with Gasteiger partial charge in [-0.05, 0) is 0 Å². The second-order valence-corrected chi connectivity index (χ2v) is 3.86. The molecule has 0 aromatic carbocycles. The van der Waals surface area contributed by atoms with E-state index in [2.05, 4.69) is 5.32 Å². The van der Waals surface area contributed by atoms with Gasteiger partial charge >= 0.3 is 0 Å². The Bertz CT molecular complexity index is 167. The summed E-state index contributed by atoms with van der Waals surface area (Å²) in [6, 6.07) is 0.145. The van der Waals surface area contributed by atoms with E-state index in [-0.39, 0.29) is 12.6 Å². The van der Waals surface area contributed by atoms with Gasteiger partial charge in [0.2, 0.25) is 0 Å². The molecule has 0 heterocycles. The molecule has 4 unspecified atom stereocenters. The third kappa shape index (κ3) is 5.41. The van der Waals surface area contributed by atoms with Gasteiger partial charge in [-0.3, -0.25) is 0 Å². The van der Waals surface area contributed by atoms with Crippen LogP contribution in [0.15, 0.2) is 0 Å². The highest BCUT2D eigenvalue weighted by Gasteiger charge is 2.29. The molecule has 0 radical (unpaired) electrons. The van der Waals surface area contributed by atoms with E-state index in [0.717, 1.165) is 0 Å². The van der Waals surface area contributed by atoms with Crippen molar-refractivity contribution in [1.29, 1.82) is 0 Å². The lowest BCUT2D eigenvalue weighted by Crippen LogP contribution is -2.49. The van der Waals surface area contributed by atoms with Crippen molar-refractivity contribution in [2.75, 3.05) is 13.2 Å². The zero-order valence-corrected chi connectivity index (χ0v) is 9.04. The first-order chi connectivity index (χ1) is 6.90. The molecular formula is C9H21NO5. The fourth-order valence-electron chi connectivity index (χ4n) is 1.04. The van der Waals surface area contributed by atoms with E-state index < -0.39 is 31.0 Å². The van der Waals surface area contributed by atoms with Gasteiger partial charge in [0.1, 0.15) is 18.3 Å². The van der Waals surface area contributed by atoms with Gasteiger partial charge < -0.3 is 30.8 Å². The van der Waals surface area contributed by atoms with Gasteiger partial charge in [0, 0.05) is 12.6 Å². The molecule has 0 fully saturated rings. The summed E-state index contributed by atoms with van der Waals surface area (Å²) in [4.78, 5) is 0. The zero-order valence-electron chi connectivity index (χ0n) is 9.04. The summed E-state index contributed by atoms with van der Waals surface area (Å²) < 4.78 is 0. The Balaban J connectivity index is 4.01. The first-order valence-corrected chi connectivity index (χ1v) is 4.96. The minimum absolute atomic E-state index is 0.105. The summed E-state index contributed by atoms with van der Waals surface area (Å²) >= 11 is 0. The molecule has 0 aliphatic heterocycles. The van der Waals surface area contributed by atoms with Crippen LogP contribution in [0.25, 0.3) is 0 Å².